The summed E-state index contributed by atoms with van der Waals surface area (Å²) in [6, 6.07) is 14.5. The van der Waals surface area contributed by atoms with Crippen molar-refractivity contribution in [3.63, 3.8) is 0 Å². The van der Waals surface area contributed by atoms with Gasteiger partial charge in [0.1, 0.15) is 0 Å². The van der Waals surface area contributed by atoms with Crippen LogP contribution in [0.2, 0.25) is 0 Å². The molecule has 0 aliphatic heterocycles. The molecule has 0 radical (unpaired) electrons. The molecule has 0 fully saturated rings. The monoisotopic (exact) mass is 276 g/mol. The number of aryl methyl sites for hydroxylation is 3. The van der Waals surface area contributed by atoms with Crippen LogP contribution < -0.4 is 5.73 Å². The third-order valence-corrected chi connectivity index (χ3v) is 4.22. The zero-order chi connectivity index (χ0) is 15.0. The van der Waals surface area contributed by atoms with E-state index in [0.717, 1.165) is 16.5 Å². The normalized spacial score (nSPS) is 12.6. The van der Waals surface area contributed by atoms with Gasteiger partial charge in [-0.05, 0) is 54.7 Å². The molecular formula is C19H20N2. The van der Waals surface area contributed by atoms with Gasteiger partial charge < -0.3 is 5.73 Å². The van der Waals surface area contributed by atoms with Crippen LogP contribution in [-0.4, -0.2) is 4.98 Å². The van der Waals surface area contributed by atoms with Gasteiger partial charge in [0.15, 0.2) is 0 Å². The van der Waals surface area contributed by atoms with Crippen molar-refractivity contribution in [2.75, 3.05) is 0 Å². The third kappa shape index (κ3) is 2.43. The predicted octanol–water partition coefficient (Wildman–Crippen LogP) is 4.21. The number of fused-ring (bicyclic) bond motifs is 1. The fraction of sp³-hybridized carbons (Fsp3) is 0.211. The average Bonchev–Trinajstić information content (AvgIpc) is 2.49. The van der Waals surface area contributed by atoms with Crippen molar-refractivity contribution in [3.8, 4) is 0 Å². The van der Waals surface area contributed by atoms with Crippen LogP contribution >= 0.6 is 0 Å². The molecule has 1 aromatic heterocycles. The highest BCUT2D eigenvalue weighted by Gasteiger charge is 2.15. The minimum absolute atomic E-state index is 0.150. The summed E-state index contributed by atoms with van der Waals surface area (Å²) >= 11 is 0. The Hall–Kier alpha value is -2.19. The van der Waals surface area contributed by atoms with E-state index in [1.807, 2.05) is 12.3 Å². The first kappa shape index (κ1) is 13.8. The van der Waals surface area contributed by atoms with Crippen molar-refractivity contribution in [2.24, 2.45) is 5.73 Å². The summed E-state index contributed by atoms with van der Waals surface area (Å²) < 4.78 is 0. The standard InChI is InChI=1S/C19H20N2/c1-12-10-14(3)17(11-13(12)2)18(20)16-8-4-6-15-7-5-9-21-19(15)16/h4-11,18H,20H2,1-3H3. The van der Waals surface area contributed by atoms with Gasteiger partial charge in [-0.25, -0.2) is 0 Å². The van der Waals surface area contributed by atoms with E-state index in [-0.39, 0.29) is 6.04 Å². The zero-order valence-electron chi connectivity index (χ0n) is 12.7. The van der Waals surface area contributed by atoms with E-state index in [1.165, 1.54) is 22.3 Å². The van der Waals surface area contributed by atoms with Gasteiger partial charge in [0.25, 0.3) is 0 Å². The van der Waals surface area contributed by atoms with Crippen molar-refractivity contribution in [2.45, 2.75) is 26.8 Å². The molecule has 0 saturated carbocycles. The number of pyridine rings is 1. The van der Waals surface area contributed by atoms with Crippen molar-refractivity contribution >= 4 is 10.9 Å². The average molecular weight is 276 g/mol. The largest absolute Gasteiger partial charge is 0.320 e. The Labute approximate surface area is 125 Å². The molecule has 2 heteroatoms. The molecule has 0 bridgehead atoms. The second-order valence-corrected chi connectivity index (χ2v) is 5.69. The van der Waals surface area contributed by atoms with E-state index in [2.05, 4.69) is 62.2 Å². The van der Waals surface area contributed by atoms with Gasteiger partial charge >= 0.3 is 0 Å². The highest BCUT2D eigenvalue weighted by molar-refractivity contribution is 5.82. The maximum absolute atomic E-state index is 6.56. The van der Waals surface area contributed by atoms with Crippen LogP contribution in [0.1, 0.15) is 33.9 Å². The van der Waals surface area contributed by atoms with Gasteiger partial charge in [0.05, 0.1) is 11.6 Å². The van der Waals surface area contributed by atoms with Gasteiger partial charge in [-0.2, -0.15) is 0 Å². The minimum Gasteiger partial charge on any atom is -0.320 e. The number of nitrogens with zero attached hydrogens (tertiary/aromatic N) is 1. The van der Waals surface area contributed by atoms with Gasteiger partial charge in [0.2, 0.25) is 0 Å². The number of rotatable bonds is 2. The number of hydrogen-bond donors (Lipinski definition) is 1. The summed E-state index contributed by atoms with van der Waals surface area (Å²) in [5, 5.41) is 1.13. The molecule has 106 valence electrons. The summed E-state index contributed by atoms with van der Waals surface area (Å²) in [5.41, 5.74) is 13.6. The smallest absolute Gasteiger partial charge is 0.0753 e. The quantitative estimate of drug-likeness (QED) is 0.761. The summed E-state index contributed by atoms with van der Waals surface area (Å²) in [7, 11) is 0. The van der Waals surface area contributed by atoms with E-state index < -0.39 is 0 Å². The van der Waals surface area contributed by atoms with Crippen LogP contribution in [0.25, 0.3) is 10.9 Å². The highest BCUT2D eigenvalue weighted by Crippen LogP contribution is 2.29. The fourth-order valence-corrected chi connectivity index (χ4v) is 2.86. The van der Waals surface area contributed by atoms with Crippen LogP contribution in [0.15, 0.2) is 48.7 Å². The topological polar surface area (TPSA) is 38.9 Å². The number of aromatic nitrogens is 1. The number of para-hydroxylation sites is 1. The molecule has 1 unspecified atom stereocenters. The molecule has 2 aromatic carbocycles. The molecule has 2 nitrogen and oxygen atoms in total. The molecule has 0 aliphatic carbocycles. The van der Waals surface area contributed by atoms with Gasteiger partial charge in [-0.15, -0.1) is 0 Å². The second kappa shape index (κ2) is 5.30. The molecule has 0 saturated heterocycles. The Bertz CT molecular complexity index is 801. The van der Waals surface area contributed by atoms with Crippen LogP contribution in [0.5, 0.6) is 0 Å². The van der Waals surface area contributed by atoms with Crippen LogP contribution in [0, 0.1) is 20.8 Å². The molecular weight excluding hydrogens is 256 g/mol. The van der Waals surface area contributed by atoms with Crippen LogP contribution in [-0.2, 0) is 0 Å². The van der Waals surface area contributed by atoms with Crippen LogP contribution in [0.3, 0.4) is 0 Å². The number of nitrogens with two attached hydrogens (primary N) is 1. The lowest BCUT2D eigenvalue weighted by Crippen LogP contribution is -2.14. The molecule has 0 spiro atoms. The molecule has 3 rings (SSSR count). The third-order valence-electron chi connectivity index (χ3n) is 4.22. The van der Waals surface area contributed by atoms with E-state index in [1.54, 1.807) is 0 Å². The first-order valence-electron chi connectivity index (χ1n) is 7.25. The number of hydrogen-bond acceptors (Lipinski definition) is 2. The Morgan fingerprint density at radius 3 is 2.38 bits per heavy atom. The Morgan fingerprint density at radius 1 is 0.857 bits per heavy atom. The van der Waals surface area contributed by atoms with E-state index in [0.29, 0.717) is 0 Å². The Morgan fingerprint density at radius 2 is 1.57 bits per heavy atom. The lowest BCUT2D eigenvalue weighted by atomic mass is 9.91. The second-order valence-electron chi connectivity index (χ2n) is 5.69. The van der Waals surface area contributed by atoms with Crippen molar-refractivity contribution < 1.29 is 0 Å². The molecule has 3 aromatic rings. The van der Waals surface area contributed by atoms with E-state index in [9.17, 15) is 0 Å². The van der Waals surface area contributed by atoms with Crippen molar-refractivity contribution in [1.82, 2.24) is 4.98 Å². The summed E-state index contributed by atoms with van der Waals surface area (Å²) in [5.74, 6) is 0. The van der Waals surface area contributed by atoms with Gasteiger partial charge in [-0.3, -0.25) is 4.98 Å². The molecule has 1 heterocycles. The lowest BCUT2D eigenvalue weighted by molar-refractivity contribution is 0.864. The van der Waals surface area contributed by atoms with Crippen molar-refractivity contribution in [1.29, 1.82) is 0 Å². The molecule has 2 N–H and O–H groups in total. The van der Waals surface area contributed by atoms with Gasteiger partial charge in [-0.1, -0.05) is 36.4 Å². The molecule has 0 aliphatic rings. The van der Waals surface area contributed by atoms with Crippen molar-refractivity contribution in [3.05, 3.63) is 76.5 Å². The van der Waals surface area contributed by atoms with Gasteiger partial charge in [0, 0.05) is 11.6 Å². The Balaban J connectivity index is 2.17. The SMILES string of the molecule is Cc1cc(C)c(C(N)c2cccc3cccnc23)cc1C. The number of benzene rings is 2. The lowest BCUT2D eigenvalue weighted by Gasteiger charge is -2.18. The molecule has 0 amide bonds. The summed E-state index contributed by atoms with van der Waals surface area (Å²) in [6.07, 6.45) is 1.83. The van der Waals surface area contributed by atoms with E-state index in [4.69, 9.17) is 5.73 Å². The van der Waals surface area contributed by atoms with Crippen LogP contribution in [0.4, 0.5) is 0 Å². The maximum Gasteiger partial charge on any atom is 0.0753 e. The predicted molar refractivity (Wildman–Crippen MR) is 88.4 cm³/mol. The Kier molecular flexibility index (Phi) is 3.48. The van der Waals surface area contributed by atoms with E-state index >= 15 is 0 Å². The summed E-state index contributed by atoms with van der Waals surface area (Å²) in [4.78, 5) is 4.52. The summed E-state index contributed by atoms with van der Waals surface area (Å²) in [6.45, 7) is 6.39. The zero-order valence-corrected chi connectivity index (χ0v) is 12.7. The molecule has 1 atom stereocenters. The first-order valence-corrected chi connectivity index (χ1v) is 7.25. The fourth-order valence-electron chi connectivity index (χ4n) is 2.86. The first-order chi connectivity index (χ1) is 10.1. The molecule has 21 heavy (non-hydrogen) atoms. The minimum atomic E-state index is -0.150. The highest BCUT2D eigenvalue weighted by atomic mass is 14.7. The maximum atomic E-state index is 6.56.